The maximum atomic E-state index is 12.5. The van der Waals surface area contributed by atoms with Crippen LogP contribution in [0.4, 0.5) is 0 Å². The number of pyridine rings is 1. The average Bonchev–Trinajstić information content (AvgIpc) is 2.87. The van der Waals surface area contributed by atoms with Gasteiger partial charge in [0.2, 0.25) is 5.91 Å². The van der Waals surface area contributed by atoms with Crippen molar-refractivity contribution in [2.75, 3.05) is 7.11 Å². The smallest absolute Gasteiger partial charge is 0.244 e. The molecule has 0 aliphatic carbocycles. The van der Waals surface area contributed by atoms with Crippen molar-refractivity contribution in [3.05, 3.63) is 90.3 Å². The summed E-state index contributed by atoms with van der Waals surface area (Å²) in [6.07, 6.45) is 16.7. The van der Waals surface area contributed by atoms with Crippen molar-refractivity contribution in [2.45, 2.75) is 64.8 Å². The number of aromatic nitrogens is 1. The van der Waals surface area contributed by atoms with Crippen LogP contribution < -0.4 is 10.1 Å². The number of methoxy groups -OCH3 is 1. The number of benzene rings is 2. The zero-order chi connectivity index (χ0) is 24.9. The third-order valence-corrected chi connectivity index (χ3v) is 6.23. The van der Waals surface area contributed by atoms with Crippen LogP contribution in [0.1, 0.15) is 63.5 Å². The van der Waals surface area contributed by atoms with Gasteiger partial charge in [-0.1, -0.05) is 56.2 Å². The van der Waals surface area contributed by atoms with E-state index in [1.807, 2.05) is 24.4 Å². The quantitative estimate of drug-likeness (QED) is 0.162. The summed E-state index contributed by atoms with van der Waals surface area (Å²) < 4.78 is 5.40. The van der Waals surface area contributed by atoms with Crippen molar-refractivity contribution >= 4 is 22.3 Å². The number of hydrogen-bond donors (Lipinski definition) is 1. The Bertz CT molecular complexity index is 1140. The topological polar surface area (TPSA) is 51.2 Å². The number of hydrogen-bond acceptors (Lipinski definition) is 3. The number of allylic oxidation sites excluding steroid dienone is 3. The number of ether oxygens (including phenoxy) is 1. The van der Waals surface area contributed by atoms with E-state index in [1.165, 1.54) is 34.9 Å². The van der Waals surface area contributed by atoms with E-state index >= 15 is 0 Å². The first-order valence-electron chi connectivity index (χ1n) is 12.7. The molecule has 0 fully saturated rings. The molecule has 35 heavy (non-hydrogen) atoms. The second kappa shape index (κ2) is 14.1. The first-order valence-corrected chi connectivity index (χ1v) is 12.7. The van der Waals surface area contributed by atoms with E-state index in [9.17, 15) is 4.79 Å². The van der Waals surface area contributed by atoms with Gasteiger partial charge in [-0.05, 0) is 90.8 Å². The van der Waals surface area contributed by atoms with Crippen LogP contribution in [0.15, 0.2) is 79.2 Å². The number of rotatable bonds is 13. The van der Waals surface area contributed by atoms with Crippen LogP contribution in [0.2, 0.25) is 0 Å². The fourth-order valence-corrected chi connectivity index (χ4v) is 4.21. The molecule has 184 valence electrons. The lowest BCUT2D eigenvalue weighted by atomic mass is 9.96. The van der Waals surface area contributed by atoms with E-state index in [0.29, 0.717) is 0 Å². The summed E-state index contributed by atoms with van der Waals surface area (Å²) in [4.78, 5) is 16.6. The van der Waals surface area contributed by atoms with Gasteiger partial charge in [0.25, 0.3) is 0 Å². The Hall–Kier alpha value is -3.40. The van der Waals surface area contributed by atoms with Crippen molar-refractivity contribution in [2.24, 2.45) is 0 Å². The molecule has 1 amide bonds. The molecular weight excluding hydrogens is 432 g/mol. The lowest BCUT2D eigenvalue weighted by Gasteiger charge is -2.12. The highest BCUT2D eigenvalue weighted by Crippen LogP contribution is 2.27. The number of nitrogens with zero attached hydrogens (tertiary/aromatic N) is 1. The Morgan fingerprint density at radius 1 is 1.09 bits per heavy atom. The molecule has 0 aliphatic heterocycles. The van der Waals surface area contributed by atoms with Crippen LogP contribution in [-0.2, 0) is 11.2 Å². The minimum atomic E-state index is -0.0497. The molecule has 0 spiro atoms. The van der Waals surface area contributed by atoms with Gasteiger partial charge in [0.1, 0.15) is 5.75 Å². The van der Waals surface area contributed by atoms with Crippen LogP contribution in [-0.4, -0.2) is 24.0 Å². The highest BCUT2D eigenvalue weighted by atomic mass is 16.5. The first-order chi connectivity index (χ1) is 17.1. The average molecular weight is 471 g/mol. The van der Waals surface area contributed by atoms with Gasteiger partial charge in [0, 0.05) is 24.5 Å². The maximum Gasteiger partial charge on any atom is 0.244 e. The molecule has 4 heteroatoms. The first kappa shape index (κ1) is 26.2. The van der Waals surface area contributed by atoms with Gasteiger partial charge in [0.15, 0.2) is 0 Å². The Balaban J connectivity index is 1.61. The highest BCUT2D eigenvalue weighted by Gasteiger charge is 2.06. The van der Waals surface area contributed by atoms with Crippen molar-refractivity contribution < 1.29 is 9.53 Å². The summed E-state index contributed by atoms with van der Waals surface area (Å²) >= 11 is 0. The van der Waals surface area contributed by atoms with Crippen LogP contribution in [0.3, 0.4) is 0 Å². The van der Waals surface area contributed by atoms with Crippen molar-refractivity contribution in [3.63, 3.8) is 0 Å². The number of nitrogens with one attached hydrogen (secondary N) is 1. The minimum absolute atomic E-state index is 0.0497. The Labute approximate surface area is 210 Å². The van der Waals surface area contributed by atoms with E-state index in [1.54, 1.807) is 19.4 Å². The number of unbranched alkanes of at least 4 members (excludes halogenated alkanes) is 2. The summed E-state index contributed by atoms with van der Waals surface area (Å²) in [5.41, 5.74) is 3.67. The molecule has 1 N–H and O–H groups in total. The van der Waals surface area contributed by atoms with E-state index < -0.39 is 0 Å². The highest BCUT2D eigenvalue weighted by molar-refractivity contribution is 5.89. The molecule has 2 aromatic carbocycles. The Morgan fingerprint density at radius 3 is 2.71 bits per heavy atom. The fourth-order valence-electron chi connectivity index (χ4n) is 4.21. The van der Waals surface area contributed by atoms with E-state index in [0.717, 1.165) is 43.2 Å². The number of carbonyl (C=O) groups excluding carboxylic acids is 1. The monoisotopic (exact) mass is 470 g/mol. The van der Waals surface area contributed by atoms with E-state index in [-0.39, 0.29) is 11.9 Å². The lowest BCUT2D eigenvalue weighted by Crippen LogP contribution is -2.31. The van der Waals surface area contributed by atoms with Gasteiger partial charge in [-0.3, -0.25) is 9.78 Å². The number of amides is 1. The standard InChI is InChI=1S/C31H38N2O2/c1-4-5-6-13-26(28-17-16-27-18-19-30(35-3)22-29(27)21-28)14-8-15-31(34)33-24(2)10-7-11-25-12-9-20-32-23-25/h8-9,12,14-24H,4-7,10-11,13H2,1-3H3,(H,33,34)/t24-/m1/s1. The summed E-state index contributed by atoms with van der Waals surface area (Å²) in [6.45, 7) is 4.28. The third kappa shape index (κ3) is 8.71. The molecule has 1 atom stereocenters. The second-order valence-electron chi connectivity index (χ2n) is 9.10. The number of aryl methyl sites for hydroxylation is 1. The predicted molar refractivity (Wildman–Crippen MR) is 147 cm³/mol. The van der Waals surface area contributed by atoms with Crippen molar-refractivity contribution in [1.29, 1.82) is 0 Å². The molecule has 0 unspecified atom stereocenters. The normalized spacial score (nSPS) is 12.7. The van der Waals surface area contributed by atoms with Crippen molar-refractivity contribution in [3.8, 4) is 5.75 Å². The Kier molecular flexibility index (Phi) is 10.6. The van der Waals surface area contributed by atoms with Crippen molar-refractivity contribution in [1.82, 2.24) is 10.3 Å². The van der Waals surface area contributed by atoms with Gasteiger partial charge >= 0.3 is 0 Å². The Morgan fingerprint density at radius 2 is 1.94 bits per heavy atom. The largest absolute Gasteiger partial charge is 0.497 e. The number of fused-ring (bicyclic) bond motifs is 1. The molecular formula is C31H38N2O2. The molecule has 1 heterocycles. The zero-order valence-corrected chi connectivity index (χ0v) is 21.3. The van der Waals surface area contributed by atoms with Gasteiger partial charge in [-0.15, -0.1) is 0 Å². The minimum Gasteiger partial charge on any atom is -0.497 e. The summed E-state index contributed by atoms with van der Waals surface area (Å²) in [6, 6.07) is 16.9. The van der Waals surface area contributed by atoms with Gasteiger partial charge in [0.05, 0.1) is 7.11 Å². The SMILES string of the molecule is CCCCCC(=CC=CC(=O)N[C@H](C)CCCc1cccnc1)c1ccc2ccc(OC)cc2c1. The number of carbonyl (C=O) groups is 1. The van der Waals surface area contributed by atoms with Gasteiger partial charge in [-0.25, -0.2) is 0 Å². The summed E-state index contributed by atoms with van der Waals surface area (Å²) in [5.74, 6) is 0.809. The molecule has 0 aliphatic rings. The molecule has 3 aromatic rings. The molecule has 1 aromatic heterocycles. The summed E-state index contributed by atoms with van der Waals surface area (Å²) in [7, 11) is 1.69. The molecule has 0 saturated heterocycles. The molecule has 3 rings (SSSR count). The third-order valence-electron chi connectivity index (χ3n) is 6.23. The second-order valence-corrected chi connectivity index (χ2v) is 9.10. The van der Waals surface area contributed by atoms with E-state index in [2.05, 4.69) is 66.6 Å². The molecule has 4 nitrogen and oxygen atoms in total. The van der Waals surface area contributed by atoms with Crippen LogP contribution in [0.5, 0.6) is 5.75 Å². The van der Waals surface area contributed by atoms with Crippen LogP contribution in [0.25, 0.3) is 16.3 Å². The zero-order valence-electron chi connectivity index (χ0n) is 21.3. The maximum absolute atomic E-state index is 12.5. The van der Waals surface area contributed by atoms with Gasteiger partial charge in [-0.2, -0.15) is 0 Å². The lowest BCUT2D eigenvalue weighted by molar-refractivity contribution is -0.117. The van der Waals surface area contributed by atoms with Gasteiger partial charge < -0.3 is 10.1 Å². The fraction of sp³-hybridized carbons (Fsp3) is 0.355. The molecule has 0 bridgehead atoms. The summed E-state index contributed by atoms with van der Waals surface area (Å²) in [5, 5.41) is 5.43. The molecule has 0 radical (unpaired) electrons. The van der Waals surface area contributed by atoms with Crippen LogP contribution >= 0.6 is 0 Å². The van der Waals surface area contributed by atoms with E-state index in [4.69, 9.17) is 4.74 Å². The van der Waals surface area contributed by atoms with Crippen LogP contribution in [0, 0.1) is 0 Å². The molecule has 0 saturated carbocycles. The predicted octanol–water partition coefficient (Wildman–Crippen LogP) is 7.29.